The number of rotatable bonds is 7. The maximum atomic E-state index is 11.3. The summed E-state index contributed by atoms with van der Waals surface area (Å²) in [6.07, 6.45) is 4.26. The van der Waals surface area contributed by atoms with Crippen molar-refractivity contribution in [2.75, 3.05) is 13.2 Å². The molecule has 1 aliphatic rings. The molecular weight excluding hydrogens is 232 g/mol. The zero-order valence-electron chi connectivity index (χ0n) is 10.8. The summed E-state index contributed by atoms with van der Waals surface area (Å²) in [7, 11) is 0. The second-order valence-electron chi connectivity index (χ2n) is 4.59. The van der Waals surface area contributed by atoms with E-state index in [1.807, 2.05) is 11.6 Å². The smallest absolute Gasteiger partial charge is 0.271 e. The minimum absolute atomic E-state index is 0.344. The van der Waals surface area contributed by atoms with Gasteiger partial charge in [0.25, 0.3) is 5.91 Å². The number of hydrogen-bond donors (Lipinski definition) is 1. The number of amides is 1. The van der Waals surface area contributed by atoms with E-state index in [4.69, 9.17) is 10.5 Å². The van der Waals surface area contributed by atoms with Crippen LogP contribution in [0.1, 0.15) is 54.7 Å². The molecule has 1 aromatic rings. The first kappa shape index (κ1) is 13.0. The van der Waals surface area contributed by atoms with Crippen LogP contribution in [0.25, 0.3) is 0 Å². The average Bonchev–Trinajstić information content (AvgIpc) is 2.66. The van der Waals surface area contributed by atoms with Gasteiger partial charge >= 0.3 is 0 Å². The number of primary amides is 1. The zero-order chi connectivity index (χ0) is 13.0. The molecule has 18 heavy (non-hydrogen) atoms. The van der Waals surface area contributed by atoms with Crippen LogP contribution in [0.3, 0.4) is 0 Å². The Bertz CT molecular complexity index is 412. The molecule has 1 fully saturated rings. The van der Waals surface area contributed by atoms with E-state index in [1.54, 1.807) is 0 Å². The molecule has 0 atom stereocenters. The van der Waals surface area contributed by atoms with Crippen molar-refractivity contribution in [2.45, 2.75) is 45.1 Å². The molecule has 1 amide bonds. The molecule has 1 aromatic heterocycles. The van der Waals surface area contributed by atoms with Crippen molar-refractivity contribution in [3.8, 4) is 0 Å². The molecule has 0 bridgehead atoms. The zero-order valence-corrected chi connectivity index (χ0v) is 10.8. The van der Waals surface area contributed by atoms with Gasteiger partial charge in [-0.3, -0.25) is 4.79 Å². The molecule has 2 N–H and O–H groups in total. The number of carbonyl (C=O) groups excluding carboxylic acids is 1. The van der Waals surface area contributed by atoms with E-state index >= 15 is 0 Å². The Hall–Kier alpha value is -1.43. The van der Waals surface area contributed by atoms with Gasteiger partial charge in [0.1, 0.15) is 0 Å². The summed E-state index contributed by atoms with van der Waals surface area (Å²) in [5.74, 6) is -0.0810. The van der Waals surface area contributed by atoms with Crippen LogP contribution in [0, 0.1) is 0 Å². The molecule has 0 radical (unpaired) electrons. The number of nitrogens with two attached hydrogens (primary N) is 1. The SMILES string of the molecule is CCOCCCn1nnc(C(N)=O)c1C1CCC1. The Morgan fingerprint density at radius 3 is 2.89 bits per heavy atom. The summed E-state index contributed by atoms with van der Waals surface area (Å²) in [5, 5.41) is 7.96. The summed E-state index contributed by atoms with van der Waals surface area (Å²) in [6.45, 7) is 4.12. The third-order valence-corrected chi connectivity index (χ3v) is 3.36. The van der Waals surface area contributed by atoms with E-state index in [1.165, 1.54) is 6.42 Å². The quantitative estimate of drug-likeness (QED) is 0.736. The van der Waals surface area contributed by atoms with Crippen molar-refractivity contribution in [2.24, 2.45) is 5.73 Å². The lowest BCUT2D eigenvalue weighted by Gasteiger charge is -2.26. The molecule has 6 heteroatoms. The van der Waals surface area contributed by atoms with Crippen molar-refractivity contribution in [3.63, 3.8) is 0 Å². The van der Waals surface area contributed by atoms with E-state index in [0.29, 0.717) is 18.2 Å². The largest absolute Gasteiger partial charge is 0.382 e. The first-order valence-electron chi connectivity index (χ1n) is 6.55. The number of aromatic nitrogens is 3. The third kappa shape index (κ3) is 2.69. The normalized spacial score (nSPS) is 15.6. The number of ether oxygens (including phenoxy) is 1. The second-order valence-corrected chi connectivity index (χ2v) is 4.59. The highest BCUT2D eigenvalue weighted by Gasteiger charge is 2.29. The van der Waals surface area contributed by atoms with Crippen LogP contribution in [-0.4, -0.2) is 34.1 Å². The molecule has 0 aromatic carbocycles. The van der Waals surface area contributed by atoms with Crippen LogP contribution >= 0.6 is 0 Å². The van der Waals surface area contributed by atoms with Crippen LogP contribution < -0.4 is 5.73 Å². The van der Waals surface area contributed by atoms with Gasteiger partial charge in [-0.1, -0.05) is 11.6 Å². The molecule has 6 nitrogen and oxygen atoms in total. The number of carbonyl (C=O) groups is 1. The standard InChI is InChI=1S/C12H20N4O2/c1-2-18-8-4-7-16-11(9-5-3-6-9)10(12(13)17)14-15-16/h9H,2-8H2,1H3,(H2,13,17). The van der Waals surface area contributed by atoms with Gasteiger partial charge in [-0.2, -0.15) is 0 Å². The third-order valence-electron chi connectivity index (χ3n) is 3.36. The molecule has 1 heterocycles. The van der Waals surface area contributed by atoms with E-state index in [2.05, 4.69) is 10.3 Å². The lowest BCUT2D eigenvalue weighted by Crippen LogP contribution is -2.21. The Kier molecular flexibility index (Phi) is 4.30. The summed E-state index contributed by atoms with van der Waals surface area (Å²) in [4.78, 5) is 11.3. The fourth-order valence-electron chi connectivity index (χ4n) is 2.21. The van der Waals surface area contributed by atoms with Crippen molar-refractivity contribution < 1.29 is 9.53 Å². The van der Waals surface area contributed by atoms with Crippen molar-refractivity contribution in [3.05, 3.63) is 11.4 Å². The first-order chi connectivity index (χ1) is 8.74. The Morgan fingerprint density at radius 2 is 2.33 bits per heavy atom. The molecule has 1 saturated carbocycles. The van der Waals surface area contributed by atoms with E-state index in [-0.39, 0.29) is 0 Å². The highest BCUT2D eigenvalue weighted by Crippen LogP contribution is 2.37. The van der Waals surface area contributed by atoms with Crippen LogP contribution in [0.15, 0.2) is 0 Å². The lowest BCUT2D eigenvalue weighted by molar-refractivity contribution is 0.0993. The molecule has 0 spiro atoms. The van der Waals surface area contributed by atoms with Crippen LogP contribution in [0.2, 0.25) is 0 Å². The maximum absolute atomic E-state index is 11.3. The van der Waals surface area contributed by atoms with Gasteiger partial charge in [0.2, 0.25) is 0 Å². The first-order valence-corrected chi connectivity index (χ1v) is 6.55. The van der Waals surface area contributed by atoms with Gasteiger partial charge in [-0.15, -0.1) is 5.10 Å². The monoisotopic (exact) mass is 252 g/mol. The predicted octanol–water partition coefficient (Wildman–Crippen LogP) is 1.07. The Morgan fingerprint density at radius 1 is 1.56 bits per heavy atom. The summed E-state index contributed by atoms with van der Waals surface area (Å²) in [6, 6.07) is 0. The van der Waals surface area contributed by atoms with Gasteiger partial charge in [-0.05, 0) is 26.2 Å². The van der Waals surface area contributed by atoms with E-state index in [9.17, 15) is 4.79 Å². The van der Waals surface area contributed by atoms with Gasteiger partial charge in [-0.25, -0.2) is 4.68 Å². The van der Waals surface area contributed by atoms with Crippen molar-refractivity contribution in [1.29, 1.82) is 0 Å². The molecule has 2 rings (SSSR count). The minimum Gasteiger partial charge on any atom is -0.382 e. The number of aryl methyl sites for hydroxylation is 1. The summed E-state index contributed by atoms with van der Waals surface area (Å²) < 4.78 is 7.12. The predicted molar refractivity (Wildman–Crippen MR) is 66.2 cm³/mol. The molecule has 0 saturated heterocycles. The molecule has 100 valence electrons. The molecule has 1 aliphatic carbocycles. The van der Waals surface area contributed by atoms with Gasteiger partial charge in [0.05, 0.1) is 5.69 Å². The van der Waals surface area contributed by atoms with E-state index in [0.717, 1.165) is 38.1 Å². The van der Waals surface area contributed by atoms with Crippen LogP contribution in [0.5, 0.6) is 0 Å². The van der Waals surface area contributed by atoms with Gasteiger partial charge < -0.3 is 10.5 Å². The van der Waals surface area contributed by atoms with Crippen molar-refractivity contribution in [1.82, 2.24) is 15.0 Å². The average molecular weight is 252 g/mol. The minimum atomic E-state index is -0.479. The summed E-state index contributed by atoms with van der Waals surface area (Å²) in [5.41, 5.74) is 6.61. The highest BCUT2D eigenvalue weighted by atomic mass is 16.5. The fraction of sp³-hybridized carbons (Fsp3) is 0.750. The topological polar surface area (TPSA) is 83.0 Å². The molecule has 0 unspecified atom stereocenters. The fourth-order valence-corrected chi connectivity index (χ4v) is 2.21. The highest BCUT2D eigenvalue weighted by molar-refractivity contribution is 5.92. The maximum Gasteiger partial charge on any atom is 0.271 e. The lowest BCUT2D eigenvalue weighted by atomic mass is 9.82. The van der Waals surface area contributed by atoms with Gasteiger partial charge in [0, 0.05) is 25.7 Å². The Balaban J connectivity index is 2.06. The Labute approximate surface area is 106 Å². The summed E-state index contributed by atoms with van der Waals surface area (Å²) >= 11 is 0. The van der Waals surface area contributed by atoms with Gasteiger partial charge in [0.15, 0.2) is 5.69 Å². The molecular formula is C12H20N4O2. The second kappa shape index (κ2) is 5.95. The molecule has 0 aliphatic heterocycles. The number of hydrogen-bond acceptors (Lipinski definition) is 4. The number of nitrogens with zero attached hydrogens (tertiary/aromatic N) is 3. The van der Waals surface area contributed by atoms with E-state index < -0.39 is 5.91 Å². The van der Waals surface area contributed by atoms with Crippen molar-refractivity contribution >= 4 is 5.91 Å². The van der Waals surface area contributed by atoms with Crippen LogP contribution in [-0.2, 0) is 11.3 Å². The van der Waals surface area contributed by atoms with Crippen LogP contribution in [0.4, 0.5) is 0 Å².